The smallest absolute Gasteiger partial charge is 0.227 e. The van der Waals surface area contributed by atoms with Crippen LogP contribution in [0.3, 0.4) is 0 Å². The van der Waals surface area contributed by atoms with Crippen molar-refractivity contribution in [1.82, 2.24) is 20.5 Å². The molecular weight excluding hydrogens is 352 g/mol. The van der Waals surface area contributed by atoms with Crippen LogP contribution in [0, 0.1) is 12.8 Å². The molecule has 0 atom stereocenters. The standard InChI is InChI=1S/C21H36N6O/c1-4-22-21(23-12-6-14-27-15-10-17(2)11-16-27)24-13-9-20(28)26-19-8-5-7-18(3)25-19/h5,7-8,17H,4,6,9-16H2,1-3H3,(H2,22,23,24)(H,25,26,28). The molecule has 0 unspecified atom stereocenters. The number of nitrogens with zero attached hydrogens (tertiary/aromatic N) is 3. The summed E-state index contributed by atoms with van der Waals surface area (Å²) in [5.41, 5.74) is 0.886. The van der Waals surface area contributed by atoms with E-state index in [-0.39, 0.29) is 5.91 Å². The molecule has 1 saturated heterocycles. The molecule has 1 aliphatic rings. The summed E-state index contributed by atoms with van der Waals surface area (Å²) in [5, 5.41) is 9.30. The molecule has 1 aromatic rings. The van der Waals surface area contributed by atoms with Gasteiger partial charge in [0.05, 0.1) is 0 Å². The van der Waals surface area contributed by atoms with Crippen molar-refractivity contribution in [2.75, 3.05) is 44.6 Å². The van der Waals surface area contributed by atoms with Crippen molar-refractivity contribution in [3.05, 3.63) is 23.9 Å². The minimum absolute atomic E-state index is 0.0548. The van der Waals surface area contributed by atoms with Gasteiger partial charge in [0, 0.05) is 31.7 Å². The molecule has 1 aliphatic heterocycles. The van der Waals surface area contributed by atoms with Gasteiger partial charge in [-0.25, -0.2) is 4.98 Å². The fourth-order valence-corrected chi connectivity index (χ4v) is 3.23. The zero-order valence-corrected chi connectivity index (χ0v) is 17.6. The number of anilines is 1. The number of carbonyl (C=O) groups excluding carboxylic acids is 1. The second kappa shape index (κ2) is 12.3. The van der Waals surface area contributed by atoms with Gasteiger partial charge in [-0.1, -0.05) is 13.0 Å². The number of likely N-dealkylation sites (tertiary alicyclic amines) is 1. The molecule has 2 heterocycles. The highest BCUT2D eigenvalue weighted by Gasteiger charge is 2.14. The average Bonchev–Trinajstić information content (AvgIpc) is 2.66. The number of carbonyl (C=O) groups is 1. The van der Waals surface area contributed by atoms with Crippen LogP contribution < -0.4 is 16.0 Å². The fraction of sp³-hybridized carbons (Fsp3) is 0.667. The predicted molar refractivity (Wildman–Crippen MR) is 116 cm³/mol. The van der Waals surface area contributed by atoms with Crippen molar-refractivity contribution < 1.29 is 4.79 Å². The van der Waals surface area contributed by atoms with Gasteiger partial charge in [-0.05, 0) is 70.8 Å². The molecule has 0 saturated carbocycles. The Morgan fingerprint density at radius 1 is 1.29 bits per heavy atom. The summed E-state index contributed by atoms with van der Waals surface area (Å²) in [6.45, 7) is 12.0. The van der Waals surface area contributed by atoms with E-state index >= 15 is 0 Å². The largest absolute Gasteiger partial charge is 0.357 e. The molecule has 0 aromatic carbocycles. The maximum atomic E-state index is 12.1. The number of rotatable bonds is 9. The topological polar surface area (TPSA) is 81.7 Å². The number of hydrogen-bond donors (Lipinski definition) is 3. The lowest BCUT2D eigenvalue weighted by Gasteiger charge is -2.29. The number of pyridine rings is 1. The van der Waals surface area contributed by atoms with Crippen molar-refractivity contribution in [2.24, 2.45) is 10.9 Å². The van der Waals surface area contributed by atoms with Crippen molar-refractivity contribution >= 4 is 17.7 Å². The monoisotopic (exact) mass is 388 g/mol. The third-order valence-electron chi connectivity index (χ3n) is 4.92. The molecule has 1 fully saturated rings. The minimum Gasteiger partial charge on any atom is -0.357 e. The molecule has 0 aliphatic carbocycles. The first-order valence-electron chi connectivity index (χ1n) is 10.5. The van der Waals surface area contributed by atoms with Gasteiger partial charge in [-0.3, -0.25) is 9.79 Å². The zero-order valence-electron chi connectivity index (χ0n) is 17.6. The highest BCUT2D eigenvalue weighted by molar-refractivity contribution is 5.90. The van der Waals surface area contributed by atoms with Crippen LogP contribution in [0.15, 0.2) is 23.2 Å². The number of hydrogen-bond acceptors (Lipinski definition) is 4. The molecule has 0 radical (unpaired) electrons. The molecule has 0 bridgehead atoms. The Hall–Kier alpha value is -2.15. The summed E-state index contributed by atoms with van der Waals surface area (Å²) >= 11 is 0. The Bertz CT molecular complexity index is 625. The van der Waals surface area contributed by atoms with E-state index in [0.29, 0.717) is 18.8 Å². The highest BCUT2D eigenvalue weighted by atomic mass is 16.1. The van der Waals surface area contributed by atoms with Crippen LogP contribution in [0.2, 0.25) is 0 Å². The van der Waals surface area contributed by atoms with Crippen LogP contribution in [-0.4, -0.2) is 61.0 Å². The van der Waals surface area contributed by atoms with Gasteiger partial charge in [0.1, 0.15) is 5.82 Å². The Labute approximate surface area is 169 Å². The number of aryl methyl sites for hydroxylation is 1. The van der Waals surface area contributed by atoms with Crippen LogP contribution in [0.25, 0.3) is 0 Å². The quantitative estimate of drug-likeness (QED) is 0.344. The molecule has 7 nitrogen and oxygen atoms in total. The van der Waals surface area contributed by atoms with E-state index in [2.05, 4.69) is 37.8 Å². The minimum atomic E-state index is -0.0548. The number of amides is 1. The summed E-state index contributed by atoms with van der Waals surface area (Å²) in [4.78, 5) is 23.5. The number of aliphatic imine (C=N–C) groups is 1. The van der Waals surface area contributed by atoms with Crippen LogP contribution >= 0.6 is 0 Å². The molecule has 2 rings (SSSR count). The van der Waals surface area contributed by atoms with Gasteiger partial charge in [0.25, 0.3) is 0 Å². The number of aromatic nitrogens is 1. The Balaban J connectivity index is 1.65. The third kappa shape index (κ3) is 8.69. The molecular formula is C21H36N6O. The molecule has 0 spiro atoms. The summed E-state index contributed by atoms with van der Waals surface area (Å²) < 4.78 is 0. The zero-order chi connectivity index (χ0) is 20.2. The van der Waals surface area contributed by atoms with E-state index in [1.165, 1.54) is 25.9 Å². The van der Waals surface area contributed by atoms with Gasteiger partial charge in [-0.2, -0.15) is 0 Å². The van der Waals surface area contributed by atoms with Crippen LogP contribution in [0.5, 0.6) is 0 Å². The van der Waals surface area contributed by atoms with Crippen molar-refractivity contribution in [2.45, 2.75) is 46.5 Å². The lowest BCUT2D eigenvalue weighted by Crippen LogP contribution is -2.39. The van der Waals surface area contributed by atoms with Gasteiger partial charge in [0.15, 0.2) is 5.96 Å². The first-order valence-corrected chi connectivity index (χ1v) is 10.5. The molecule has 7 heteroatoms. The van der Waals surface area contributed by atoms with E-state index < -0.39 is 0 Å². The van der Waals surface area contributed by atoms with E-state index in [1.54, 1.807) is 6.07 Å². The molecule has 156 valence electrons. The lowest BCUT2D eigenvalue weighted by atomic mass is 9.99. The molecule has 28 heavy (non-hydrogen) atoms. The first-order chi connectivity index (χ1) is 13.6. The number of nitrogens with one attached hydrogen (secondary N) is 3. The van der Waals surface area contributed by atoms with Crippen LogP contribution in [-0.2, 0) is 4.79 Å². The average molecular weight is 389 g/mol. The Morgan fingerprint density at radius 3 is 2.79 bits per heavy atom. The van der Waals surface area contributed by atoms with E-state index in [0.717, 1.165) is 43.6 Å². The third-order valence-corrected chi connectivity index (χ3v) is 4.92. The van der Waals surface area contributed by atoms with Gasteiger partial charge >= 0.3 is 0 Å². The van der Waals surface area contributed by atoms with E-state index in [1.807, 2.05) is 26.0 Å². The fourth-order valence-electron chi connectivity index (χ4n) is 3.23. The normalized spacial score (nSPS) is 16.0. The van der Waals surface area contributed by atoms with Crippen molar-refractivity contribution in [1.29, 1.82) is 0 Å². The summed E-state index contributed by atoms with van der Waals surface area (Å²) in [6.07, 6.45) is 4.05. The lowest BCUT2D eigenvalue weighted by molar-refractivity contribution is -0.116. The second-order valence-electron chi connectivity index (χ2n) is 7.53. The Kier molecular flexibility index (Phi) is 9.76. The summed E-state index contributed by atoms with van der Waals surface area (Å²) in [7, 11) is 0. The van der Waals surface area contributed by atoms with Crippen molar-refractivity contribution in [3.8, 4) is 0 Å². The van der Waals surface area contributed by atoms with Gasteiger partial charge in [-0.15, -0.1) is 0 Å². The summed E-state index contributed by atoms with van der Waals surface area (Å²) in [6, 6.07) is 5.59. The van der Waals surface area contributed by atoms with Crippen molar-refractivity contribution in [3.63, 3.8) is 0 Å². The Morgan fingerprint density at radius 2 is 2.07 bits per heavy atom. The number of guanidine groups is 1. The van der Waals surface area contributed by atoms with Gasteiger partial charge < -0.3 is 20.9 Å². The summed E-state index contributed by atoms with van der Waals surface area (Å²) in [5.74, 6) is 2.19. The molecule has 1 amide bonds. The second-order valence-corrected chi connectivity index (χ2v) is 7.53. The van der Waals surface area contributed by atoms with E-state index in [9.17, 15) is 4.79 Å². The van der Waals surface area contributed by atoms with E-state index in [4.69, 9.17) is 0 Å². The van der Waals surface area contributed by atoms with Gasteiger partial charge in [0.2, 0.25) is 5.91 Å². The predicted octanol–water partition coefficient (Wildman–Crippen LogP) is 2.40. The molecule has 3 N–H and O–H groups in total. The maximum Gasteiger partial charge on any atom is 0.227 e. The SMILES string of the molecule is CCNC(=NCCCN1CCC(C)CC1)NCCC(=O)Nc1cccc(C)n1. The highest BCUT2D eigenvalue weighted by Crippen LogP contribution is 2.15. The first kappa shape index (κ1) is 22.1. The molecule has 1 aromatic heterocycles. The number of piperidine rings is 1. The maximum absolute atomic E-state index is 12.1. The van der Waals surface area contributed by atoms with Crippen LogP contribution in [0.4, 0.5) is 5.82 Å². The van der Waals surface area contributed by atoms with Crippen LogP contribution in [0.1, 0.15) is 45.2 Å².